The molecule has 0 heterocycles. The van der Waals surface area contributed by atoms with Crippen LogP contribution >= 0.6 is 0 Å². The zero-order valence-corrected chi connectivity index (χ0v) is 13.4. The van der Waals surface area contributed by atoms with Gasteiger partial charge in [0.25, 0.3) is 0 Å². The molecule has 2 aromatic rings. The van der Waals surface area contributed by atoms with Crippen molar-refractivity contribution in [2.75, 3.05) is 11.4 Å². The maximum Gasteiger partial charge on any atom is 0.305 e. The summed E-state index contributed by atoms with van der Waals surface area (Å²) in [7, 11) is 0. The number of rotatable bonds is 6. The average Bonchev–Trinajstić information content (AvgIpc) is 2.54. The third-order valence-electron chi connectivity index (χ3n) is 3.91. The van der Waals surface area contributed by atoms with Crippen LogP contribution in [0.4, 0.5) is 5.69 Å². The van der Waals surface area contributed by atoms with Gasteiger partial charge in [-0.3, -0.25) is 4.79 Å². The van der Waals surface area contributed by atoms with Crippen molar-refractivity contribution < 1.29 is 9.90 Å². The third kappa shape index (κ3) is 4.58. The topological polar surface area (TPSA) is 64.3 Å². The molecule has 0 atom stereocenters. The number of hydrogen-bond donors (Lipinski definition) is 1. The summed E-state index contributed by atoms with van der Waals surface area (Å²) >= 11 is 0. The van der Waals surface area contributed by atoms with Crippen molar-refractivity contribution in [2.45, 2.75) is 26.8 Å². The van der Waals surface area contributed by atoms with Crippen LogP contribution in [0, 0.1) is 25.2 Å². The molecule has 1 N–H and O–H groups in total. The van der Waals surface area contributed by atoms with Crippen molar-refractivity contribution in [1.82, 2.24) is 0 Å². The number of carbonyl (C=O) groups is 1. The molecule has 23 heavy (non-hydrogen) atoms. The number of carboxylic acid groups (broad SMARTS) is 1. The lowest BCUT2D eigenvalue weighted by atomic mass is 10.1. The monoisotopic (exact) mass is 308 g/mol. The summed E-state index contributed by atoms with van der Waals surface area (Å²) in [6, 6.07) is 15.6. The fourth-order valence-corrected chi connectivity index (χ4v) is 2.36. The number of benzene rings is 2. The molecular weight excluding hydrogens is 288 g/mol. The van der Waals surface area contributed by atoms with Crippen LogP contribution in [-0.2, 0) is 11.3 Å². The molecular formula is C19H20N2O2. The number of carboxylic acids is 1. The minimum atomic E-state index is -0.807. The maximum atomic E-state index is 10.9. The molecule has 4 nitrogen and oxygen atoms in total. The molecule has 0 bridgehead atoms. The van der Waals surface area contributed by atoms with Crippen molar-refractivity contribution in [1.29, 1.82) is 5.26 Å². The Bertz CT molecular complexity index is 730. The highest BCUT2D eigenvalue weighted by molar-refractivity contribution is 5.67. The van der Waals surface area contributed by atoms with Crippen LogP contribution in [0.1, 0.15) is 28.7 Å². The molecule has 0 aliphatic rings. The van der Waals surface area contributed by atoms with Crippen molar-refractivity contribution in [3.63, 3.8) is 0 Å². The van der Waals surface area contributed by atoms with Crippen LogP contribution < -0.4 is 4.90 Å². The molecule has 0 aliphatic carbocycles. The van der Waals surface area contributed by atoms with E-state index in [1.807, 2.05) is 18.2 Å². The van der Waals surface area contributed by atoms with Gasteiger partial charge < -0.3 is 10.0 Å². The second-order valence-corrected chi connectivity index (χ2v) is 5.64. The molecule has 0 aromatic heterocycles. The SMILES string of the molecule is Cc1ccc(N(CCC(=O)O)Cc2ccc(C#N)cc2)cc1C. The molecule has 4 heteroatoms. The van der Waals surface area contributed by atoms with Crippen LogP contribution in [0.5, 0.6) is 0 Å². The van der Waals surface area contributed by atoms with Crippen molar-refractivity contribution in [2.24, 2.45) is 0 Å². The van der Waals surface area contributed by atoms with Gasteiger partial charge in [0.05, 0.1) is 18.1 Å². The first-order valence-corrected chi connectivity index (χ1v) is 7.52. The molecule has 2 rings (SSSR count). The average molecular weight is 308 g/mol. The highest BCUT2D eigenvalue weighted by atomic mass is 16.4. The van der Waals surface area contributed by atoms with E-state index in [1.54, 1.807) is 12.1 Å². The first-order chi connectivity index (χ1) is 11.0. The molecule has 0 aliphatic heterocycles. The first kappa shape index (κ1) is 16.6. The van der Waals surface area contributed by atoms with Gasteiger partial charge in [0.15, 0.2) is 0 Å². The summed E-state index contributed by atoms with van der Waals surface area (Å²) < 4.78 is 0. The normalized spacial score (nSPS) is 10.1. The summed E-state index contributed by atoms with van der Waals surface area (Å²) in [6.07, 6.45) is 0.0865. The molecule has 2 aromatic carbocycles. The quantitative estimate of drug-likeness (QED) is 0.884. The number of anilines is 1. The Hall–Kier alpha value is -2.80. The zero-order valence-electron chi connectivity index (χ0n) is 13.4. The summed E-state index contributed by atoms with van der Waals surface area (Å²) in [6.45, 7) is 5.16. The number of nitrogens with zero attached hydrogens (tertiary/aromatic N) is 2. The Morgan fingerprint density at radius 1 is 1.13 bits per heavy atom. The second kappa shape index (κ2) is 7.46. The summed E-state index contributed by atoms with van der Waals surface area (Å²) in [4.78, 5) is 13.0. The highest BCUT2D eigenvalue weighted by Gasteiger charge is 2.10. The third-order valence-corrected chi connectivity index (χ3v) is 3.91. The van der Waals surface area contributed by atoms with Gasteiger partial charge in [0.2, 0.25) is 0 Å². The van der Waals surface area contributed by atoms with Crippen LogP contribution in [0.15, 0.2) is 42.5 Å². The Kier molecular flexibility index (Phi) is 5.37. The largest absolute Gasteiger partial charge is 0.481 e. The van der Waals surface area contributed by atoms with E-state index in [1.165, 1.54) is 11.1 Å². The molecule has 0 unspecified atom stereocenters. The molecule has 0 radical (unpaired) electrons. The molecule has 0 spiro atoms. The van der Waals surface area contributed by atoms with Gasteiger partial charge in [-0.05, 0) is 54.8 Å². The Balaban J connectivity index is 2.23. The van der Waals surface area contributed by atoms with E-state index in [0.29, 0.717) is 18.7 Å². The molecule has 0 amide bonds. The van der Waals surface area contributed by atoms with Crippen molar-refractivity contribution in [3.8, 4) is 6.07 Å². The fraction of sp³-hybridized carbons (Fsp3) is 0.263. The standard InChI is InChI=1S/C19H20N2O2/c1-14-3-8-18(11-15(14)2)21(10-9-19(22)23)13-17-6-4-16(12-20)5-7-17/h3-8,11H,9-10,13H2,1-2H3,(H,22,23). The van der Waals surface area contributed by atoms with Crippen LogP contribution in [0.25, 0.3) is 0 Å². The van der Waals surface area contributed by atoms with Crippen LogP contribution in [-0.4, -0.2) is 17.6 Å². The molecule has 0 saturated heterocycles. The first-order valence-electron chi connectivity index (χ1n) is 7.52. The minimum absolute atomic E-state index is 0.0865. The fourth-order valence-electron chi connectivity index (χ4n) is 2.36. The number of nitriles is 1. The van der Waals surface area contributed by atoms with Crippen LogP contribution in [0.3, 0.4) is 0 Å². The van der Waals surface area contributed by atoms with E-state index >= 15 is 0 Å². The van der Waals surface area contributed by atoms with E-state index in [4.69, 9.17) is 10.4 Å². The lowest BCUT2D eigenvalue weighted by Crippen LogP contribution is -2.25. The number of hydrogen-bond acceptors (Lipinski definition) is 3. The second-order valence-electron chi connectivity index (χ2n) is 5.64. The minimum Gasteiger partial charge on any atom is -0.481 e. The van der Waals surface area contributed by atoms with Gasteiger partial charge in [0.1, 0.15) is 0 Å². The summed E-state index contributed by atoms with van der Waals surface area (Å²) in [5, 5.41) is 17.8. The lowest BCUT2D eigenvalue weighted by Gasteiger charge is -2.25. The Morgan fingerprint density at radius 2 is 1.83 bits per heavy atom. The van der Waals surface area contributed by atoms with E-state index in [-0.39, 0.29) is 6.42 Å². The Labute approximate surface area is 136 Å². The van der Waals surface area contributed by atoms with Crippen molar-refractivity contribution in [3.05, 3.63) is 64.7 Å². The van der Waals surface area contributed by atoms with Gasteiger partial charge in [-0.2, -0.15) is 5.26 Å². The zero-order chi connectivity index (χ0) is 16.8. The predicted molar refractivity (Wildman–Crippen MR) is 90.4 cm³/mol. The number of aliphatic carboxylic acids is 1. The van der Waals surface area contributed by atoms with Gasteiger partial charge in [0, 0.05) is 18.8 Å². The maximum absolute atomic E-state index is 10.9. The van der Waals surface area contributed by atoms with E-state index in [9.17, 15) is 4.79 Å². The van der Waals surface area contributed by atoms with E-state index in [0.717, 1.165) is 11.3 Å². The van der Waals surface area contributed by atoms with E-state index in [2.05, 4.69) is 36.9 Å². The van der Waals surface area contributed by atoms with Gasteiger partial charge >= 0.3 is 5.97 Å². The lowest BCUT2D eigenvalue weighted by molar-refractivity contribution is -0.136. The molecule has 0 saturated carbocycles. The van der Waals surface area contributed by atoms with Crippen molar-refractivity contribution >= 4 is 11.7 Å². The van der Waals surface area contributed by atoms with E-state index < -0.39 is 5.97 Å². The van der Waals surface area contributed by atoms with Gasteiger partial charge in [-0.15, -0.1) is 0 Å². The van der Waals surface area contributed by atoms with Gasteiger partial charge in [-0.25, -0.2) is 0 Å². The molecule has 118 valence electrons. The smallest absolute Gasteiger partial charge is 0.305 e. The predicted octanol–water partition coefficient (Wildman–Crippen LogP) is 3.66. The summed E-state index contributed by atoms with van der Waals surface area (Å²) in [5.41, 5.74) is 5.08. The summed E-state index contributed by atoms with van der Waals surface area (Å²) in [5.74, 6) is -0.807. The van der Waals surface area contributed by atoms with Gasteiger partial charge in [-0.1, -0.05) is 18.2 Å². The molecule has 0 fully saturated rings. The Morgan fingerprint density at radius 3 is 2.39 bits per heavy atom. The number of aryl methyl sites for hydroxylation is 2. The highest BCUT2D eigenvalue weighted by Crippen LogP contribution is 2.21. The van der Waals surface area contributed by atoms with Crippen LogP contribution in [0.2, 0.25) is 0 Å².